The van der Waals surface area contributed by atoms with Crippen molar-refractivity contribution >= 4 is 5.71 Å². The molecule has 0 unspecified atom stereocenters. The molecule has 0 atom stereocenters. The molecule has 0 aromatic rings. The Hall–Kier alpha value is -0.330. The fourth-order valence-electron chi connectivity index (χ4n) is 2.32. The van der Waals surface area contributed by atoms with Crippen molar-refractivity contribution in [3.05, 3.63) is 0 Å². The minimum atomic E-state index is 0.168. The Balaban J connectivity index is 4.73. The van der Waals surface area contributed by atoms with Crippen LogP contribution in [-0.2, 0) is 0 Å². The van der Waals surface area contributed by atoms with E-state index in [9.17, 15) is 0 Å². The predicted molar refractivity (Wildman–Crippen MR) is 89.3 cm³/mol. The summed E-state index contributed by atoms with van der Waals surface area (Å²) in [5.74, 6) is 0. The Morgan fingerprint density at radius 2 is 1.21 bits per heavy atom. The number of rotatable bonds is 9. The third-order valence-corrected chi connectivity index (χ3v) is 4.16. The molecule has 1 nitrogen and oxygen atoms in total. The monoisotopic (exact) mass is 267 g/mol. The van der Waals surface area contributed by atoms with E-state index in [1.54, 1.807) is 0 Å². The summed E-state index contributed by atoms with van der Waals surface area (Å²) in [7, 11) is 0. The number of nitrogens with zero attached hydrogens (tertiary/aromatic N) is 1. The van der Waals surface area contributed by atoms with E-state index in [-0.39, 0.29) is 11.0 Å². The number of hydrogen-bond donors (Lipinski definition) is 0. The van der Waals surface area contributed by atoms with Crippen molar-refractivity contribution in [1.82, 2.24) is 0 Å². The summed E-state index contributed by atoms with van der Waals surface area (Å²) in [6.45, 7) is 15.9. The van der Waals surface area contributed by atoms with Gasteiger partial charge < -0.3 is 0 Å². The van der Waals surface area contributed by atoms with E-state index < -0.39 is 0 Å². The van der Waals surface area contributed by atoms with E-state index in [0.29, 0.717) is 0 Å². The van der Waals surface area contributed by atoms with Crippen LogP contribution < -0.4 is 0 Å². The lowest BCUT2D eigenvalue weighted by Crippen LogP contribution is -2.28. The molecule has 0 fully saturated rings. The summed E-state index contributed by atoms with van der Waals surface area (Å²) in [6, 6.07) is 0. The zero-order chi connectivity index (χ0) is 14.9. The van der Waals surface area contributed by atoms with Crippen LogP contribution in [0.5, 0.6) is 0 Å². The van der Waals surface area contributed by atoms with Gasteiger partial charge in [-0.1, -0.05) is 73.1 Å². The standard InChI is InChI=1S/C18H37N/c1-8-10-12-14-18(7,15-13-11-9-2)19-16(3)17(4,5)6/h8-15H2,1-7H3. The molecule has 0 N–H and O–H groups in total. The van der Waals surface area contributed by atoms with Crippen LogP contribution in [0.4, 0.5) is 0 Å². The second-order valence-corrected chi connectivity index (χ2v) is 7.36. The average Bonchev–Trinajstić information content (AvgIpc) is 2.28. The number of unbranched alkanes of at least 4 members (excludes halogenated alkanes) is 4. The van der Waals surface area contributed by atoms with Gasteiger partial charge in [0.05, 0.1) is 5.54 Å². The SMILES string of the molecule is CCCCCC(C)(CCCCC)N=C(C)C(C)(C)C. The van der Waals surface area contributed by atoms with Gasteiger partial charge in [0.1, 0.15) is 0 Å². The van der Waals surface area contributed by atoms with Crippen LogP contribution in [0.1, 0.15) is 99.8 Å². The van der Waals surface area contributed by atoms with Crippen LogP contribution in [0.25, 0.3) is 0 Å². The minimum absolute atomic E-state index is 0.168. The van der Waals surface area contributed by atoms with Crippen molar-refractivity contribution in [2.75, 3.05) is 0 Å². The van der Waals surface area contributed by atoms with Gasteiger partial charge >= 0.3 is 0 Å². The molecule has 0 saturated carbocycles. The maximum atomic E-state index is 5.14. The molecule has 0 radical (unpaired) electrons. The summed E-state index contributed by atoms with van der Waals surface area (Å²) < 4.78 is 0. The first-order valence-corrected chi connectivity index (χ1v) is 8.32. The summed E-state index contributed by atoms with van der Waals surface area (Å²) in [4.78, 5) is 5.14. The van der Waals surface area contributed by atoms with Crippen molar-refractivity contribution in [3.8, 4) is 0 Å². The van der Waals surface area contributed by atoms with Crippen LogP contribution >= 0.6 is 0 Å². The summed E-state index contributed by atoms with van der Waals surface area (Å²) >= 11 is 0. The summed E-state index contributed by atoms with van der Waals surface area (Å²) in [6.07, 6.45) is 10.4. The van der Waals surface area contributed by atoms with Crippen molar-refractivity contribution in [3.63, 3.8) is 0 Å². The van der Waals surface area contributed by atoms with E-state index >= 15 is 0 Å². The molecule has 0 spiro atoms. The maximum absolute atomic E-state index is 5.14. The van der Waals surface area contributed by atoms with E-state index in [1.165, 1.54) is 57.1 Å². The molecule has 0 aliphatic rings. The van der Waals surface area contributed by atoms with Gasteiger partial charge in [-0.2, -0.15) is 0 Å². The first-order valence-electron chi connectivity index (χ1n) is 8.32. The van der Waals surface area contributed by atoms with Crippen LogP contribution in [0, 0.1) is 5.41 Å². The van der Waals surface area contributed by atoms with E-state index in [0.717, 1.165) is 0 Å². The Bertz CT molecular complexity index is 247. The Morgan fingerprint density at radius 1 is 0.789 bits per heavy atom. The largest absolute Gasteiger partial charge is 0.288 e. The van der Waals surface area contributed by atoms with Crippen LogP contribution in [-0.4, -0.2) is 11.3 Å². The zero-order valence-corrected chi connectivity index (χ0v) is 14.6. The van der Waals surface area contributed by atoms with Gasteiger partial charge in [-0.25, -0.2) is 0 Å². The van der Waals surface area contributed by atoms with Crippen molar-refractivity contribution in [2.24, 2.45) is 10.4 Å². The van der Waals surface area contributed by atoms with Crippen LogP contribution in [0.3, 0.4) is 0 Å². The highest BCUT2D eigenvalue weighted by atomic mass is 14.9. The molecule has 0 aromatic carbocycles. The number of hydrogen-bond acceptors (Lipinski definition) is 1. The third-order valence-electron chi connectivity index (χ3n) is 4.16. The first-order chi connectivity index (χ1) is 8.75. The van der Waals surface area contributed by atoms with Gasteiger partial charge in [0.25, 0.3) is 0 Å². The summed E-state index contributed by atoms with van der Waals surface area (Å²) in [5.41, 5.74) is 1.68. The minimum Gasteiger partial charge on any atom is -0.288 e. The highest BCUT2D eigenvalue weighted by molar-refractivity contribution is 5.87. The molecule has 0 aliphatic carbocycles. The van der Waals surface area contributed by atoms with Crippen LogP contribution in [0.15, 0.2) is 4.99 Å². The molecule has 0 rings (SSSR count). The van der Waals surface area contributed by atoms with Gasteiger partial charge in [0.2, 0.25) is 0 Å². The molecule has 114 valence electrons. The molecule has 0 aromatic heterocycles. The highest BCUT2D eigenvalue weighted by Crippen LogP contribution is 2.29. The Morgan fingerprint density at radius 3 is 1.53 bits per heavy atom. The van der Waals surface area contributed by atoms with Gasteiger partial charge in [-0.15, -0.1) is 0 Å². The fraction of sp³-hybridized carbons (Fsp3) is 0.944. The molecule has 1 heteroatoms. The van der Waals surface area contributed by atoms with Gasteiger partial charge in [-0.05, 0) is 32.1 Å². The molecule has 19 heavy (non-hydrogen) atoms. The third kappa shape index (κ3) is 8.44. The van der Waals surface area contributed by atoms with Crippen LogP contribution in [0.2, 0.25) is 0 Å². The first kappa shape index (κ1) is 18.7. The smallest absolute Gasteiger partial charge is 0.0579 e. The lowest BCUT2D eigenvalue weighted by Gasteiger charge is -2.30. The maximum Gasteiger partial charge on any atom is 0.0579 e. The summed E-state index contributed by atoms with van der Waals surface area (Å²) in [5, 5.41) is 0. The zero-order valence-electron chi connectivity index (χ0n) is 14.6. The van der Waals surface area contributed by atoms with Crippen molar-refractivity contribution < 1.29 is 0 Å². The second kappa shape index (κ2) is 8.76. The highest BCUT2D eigenvalue weighted by Gasteiger charge is 2.25. The lowest BCUT2D eigenvalue weighted by molar-refractivity contribution is 0.367. The van der Waals surface area contributed by atoms with Crippen molar-refractivity contribution in [1.29, 1.82) is 0 Å². The molecule has 0 saturated heterocycles. The molecule has 0 bridgehead atoms. The fourth-order valence-corrected chi connectivity index (χ4v) is 2.32. The van der Waals surface area contributed by atoms with E-state index in [1.807, 2.05) is 0 Å². The Kier molecular flexibility index (Phi) is 8.61. The van der Waals surface area contributed by atoms with Crippen molar-refractivity contribution in [2.45, 2.75) is 105 Å². The quantitative estimate of drug-likeness (QED) is 0.338. The molecule has 0 amide bonds. The molecular weight excluding hydrogens is 230 g/mol. The van der Waals surface area contributed by atoms with Gasteiger partial charge in [0, 0.05) is 5.71 Å². The topological polar surface area (TPSA) is 12.4 Å². The Labute approximate surface area is 122 Å². The molecular formula is C18H37N. The number of aliphatic imine (C=N–C) groups is 1. The normalized spacial score (nSPS) is 13.9. The van der Waals surface area contributed by atoms with Gasteiger partial charge in [0.15, 0.2) is 0 Å². The second-order valence-electron chi connectivity index (χ2n) is 7.36. The lowest BCUT2D eigenvalue weighted by atomic mass is 9.86. The average molecular weight is 268 g/mol. The van der Waals surface area contributed by atoms with E-state index in [2.05, 4.69) is 48.5 Å². The molecule has 0 heterocycles. The van der Waals surface area contributed by atoms with Gasteiger partial charge in [-0.3, -0.25) is 4.99 Å². The predicted octanol–water partition coefficient (Wildman–Crippen LogP) is 6.41. The van der Waals surface area contributed by atoms with E-state index in [4.69, 9.17) is 4.99 Å². The molecule has 0 aliphatic heterocycles.